The Kier molecular flexibility index (Phi) is 5.07. The topological polar surface area (TPSA) is 32.3 Å². The highest BCUT2D eigenvalue weighted by atomic mass is 16.3. The van der Waals surface area contributed by atoms with Gasteiger partial charge in [-0.15, -0.1) is 0 Å². The number of hydrogen-bond acceptors (Lipinski definition) is 2. The van der Waals surface area contributed by atoms with Crippen molar-refractivity contribution in [2.75, 3.05) is 13.1 Å². The average molecular weight is 213 g/mol. The second-order valence-electron chi connectivity index (χ2n) is 5.20. The minimum Gasteiger partial charge on any atom is -0.389 e. The molecular weight excluding hydrogens is 186 g/mol. The largest absolute Gasteiger partial charge is 0.389 e. The lowest BCUT2D eigenvalue weighted by molar-refractivity contribution is -0.0416. The van der Waals surface area contributed by atoms with Gasteiger partial charge in [-0.25, -0.2) is 0 Å². The first kappa shape index (κ1) is 13.0. The van der Waals surface area contributed by atoms with Gasteiger partial charge in [0, 0.05) is 6.54 Å². The summed E-state index contributed by atoms with van der Waals surface area (Å²) in [7, 11) is 0. The monoisotopic (exact) mass is 213 g/mol. The first-order chi connectivity index (χ1) is 7.11. The van der Waals surface area contributed by atoms with Crippen LogP contribution in [0.3, 0.4) is 0 Å². The molecule has 0 aromatic rings. The predicted molar refractivity (Wildman–Crippen MR) is 64.9 cm³/mol. The van der Waals surface area contributed by atoms with E-state index < -0.39 is 5.60 Å². The first-order valence-electron chi connectivity index (χ1n) is 6.55. The van der Waals surface area contributed by atoms with Crippen molar-refractivity contribution in [2.24, 2.45) is 11.8 Å². The summed E-state index contributed by atoms with van der Waals surface area (Å²) in [5.41, 5.74) is -0.517. The molecule has 1 fully saturated rings. The maximum Gasteiger partial charge on any atom is 0.0774 e. The molecule has 0 aromatic carbocycles. The van der Waals surface area contributed by atoms with Gasteiger partial charge in [0.25, 0.3) is 0 Å². The van der Waals surface area contributed by atoms with Gasteiger partial charge in [-0.3, -0.25) is 0 Å². The molecule has 1 saturated carbocycles. The third-order valence-corrected chi connectivity index (χ3v) is 3.97. The molecule has 15 heavy (non-hydrogen) atoms. The Bertz CT molecular complexity index is 179. The van der Waals surface area contributed by atoms with Crippen LogP contribution < -0.4 is 5.32 Å². The third kappa shape index (κ3) is 3.46. The Labute approximate surface area is 94.5 Å². The van der Waals surface area contributed by atoms with Crippen molar-refractivity contribution in [1.29, 1.82) is 0 Å². The van der Waals surface area contributed by atoms with Gasteiger partial charge in [0.15, 0.2) is 0 Å². The van der Waals surface area contributed by atoms with Crippen molar-refractivity contribution in [2.45, 2.75) is 58.5 Å². The Morgan fingerprint density at radius 3 is 2.53 bits per heavy atom. The summed E-state index contributed by atoms with van der Waals surface area (Å²) in [5, 5.41) is 13.8. The van der Waals surface area contributed by atoms with Gasteiger partial charge in [0.05, 0.1) is 5.60 Å². The molecule has 0 spiro atoms. The molecule has 0 radical (unpaired) electrons. The van der Waals surface area contributed by atoms with Crippen LogP contribution in [0.25, 0.3) is 0 Å². The van der Waals surface area contributed by atoms with Gasteiger partial charge in [0.2, 0.25) is 0 Å². The van der Waals surface area contributed by atoms with Gasteiger partial charge >= 0.3 is 0 Å². The molecule has 1 aliphatic rings. The summed E-state index contributed by atoms with van der Waals surface area (Å²) in [6, 6.07) is 0. The molecule has 0 bridgehead atoms. The van der Waals surface area contributed by atoms with Crippen LogP contribution in [0.1, 0.15) is 52.9 Å². The summed E-state index contributed by atoms with van der Waals surface area (Å²) in [4.78, 5) is 0. The minimum absolute atomic E-state index is 0.496. The van der Waals surface area contributed by atoms with E-state index in [1.165, 1.54) is 32.1 Å². The zero-order valence-corrected chi connectivity index (χ0v) is 10.6. The Hall–Kier alpha value is -0.0800. The van der Waals surface area contributed by atoms with Crippen LogP contribution >= 0.6 is 0 Å². The highest BCUT2D eigenvalue weighted by Gasteiger charge is 2.37. The van der Waals surface area contributed by atoms with E-state index in [2.05, 4.69) is 19.2 Å². The summed E-state index contributed by atoms with van der Waals surface area (Å²) in [6.45, 7) is 8.04. The van der Waals surface area contributed by atoms with Crippen LogP contribution in [0, 0.1) is 11.8 Å². The SMILES string of the molecule is CCNCC(C)(O)C1CCCCC1CC. The van der Waals surface area contributed by atoms with E-state index in [1.54, 1.807) is 0 Å². The van der Waals surface area contributed by atoms with Crippen LogP contribution in [-0.4, -0.2) is 23.8 Å². The van der Waals surface area contributed by atoms with Crippen LogP contribution in [0.5, 0.6) is 0 Å². The fourth-order valence-corrected chi connectivity index (χ4v) is 3.02. The third-order valence-electron chi connectivity index (χ3n) is 3.97. The summed E-state index contributed by atoms with van der Waals surface area (Å²) >= 11 is 0. The molecule has 0 aromatic heterocycles. The number of rotatable bonds is 5. The van der Waals surface area contributed by atoms with Crippen LogP contribution in [-0.2, 0) is 0 Å². The Morgan fingerprint density at radius 2 is 1.93 bits per heavy atom. The number of likely N-dealkylation sites (N-methyl/N-ethyl adjacent to an activating group) is 1. The highest BCUT2D eigenvalue weighted by molar-refractivity contribution is 4.90. The smallest absolute Gasteiger partial charge is 0.0774 e. The Balaban J connectivity index is 2.56. The van der Waals surface area contributed by atoms with E-state index in [-0.39, 0.29) is 0 Å². The zero-order chi connectivity index (χ0) is 11.3. The zero-order valence-electron chi connectivity index (χ0n) is 10.6. The van der Waals surface area contributed by atoms with E-state index in [4.69, 9.17) is 0 Å². The molecule has 1 rings (SSSR count). The molecule has 0 amide bonds. The fraction of sp³-hybridized carbons (Fsp3) is 1.00. The van der Waals surface area contributed by atoms with Gasteiger partial charge in [-0.05, 0) is 31.7 Å². The van der Waals surface area contributed by atoms with Crippen molar-refractivity contribution in [1.82, 2.24) is 5.32 Å². The molecule has 0 aliphatic heterocycles. The van der Waals surface area contributed by atoms with Crippen molar-refractivity contribution < 1.29 is 5.11 Å². The fourth-order valence-electron chi connectivity index (χ4n) is 3.02. The number of aliphatic hydroxyl groups is 1. The second kappa shape index (κ2) is 5.86. The quantitative estimate of drug-likeness (QED) is 0.735. The maximum atomic E-state index is 10.5. The lowest BCUT2D eigenvalue weighted by atomic mass is 9.69. The maximum absolute atomic E-state index is 10.5. The van der Waals surface area contributed by atoms with Crippen LogP contribution in [0.2, 0.25) is 0 Å². The van der Waals surface area contributed by atoms with Crippen molar-refractivity contribution in [3.8, 4) is 0 Å². The molecule has 2 nitrogen and oxygen atoms in total. The Morgan fingerprint density at radius 1 is 1.27 bits per heavy atom. The van der Waals surface area contributed by atoms with Crippen molar-refractivity contribution >= 4 is 0 Å². The van der Waals surface area contributed by atoms with E-state index in [0.29, 0.717) is 5.92 Å². The summed E-state index contributed by atoms with van der Waals surface area (Å²) in [6.07, 6.45) is 6.38. The van der Waals surface area contributed by atoms with Crippen molar-refractivity contribution in [3.63, 3.8) is 0 Å². The van der Waals surface area contributed by atoms with E-state index >= 15 is 0 Å². The molecule has 0 saturated heterocycles. The molecule has 0 heterocycles. The van der Waals surface area contributed by atoms with Gasteiger partial charge in [0.1, 0.15) is 0 Å². The predicted octanol–water partition coefficient (Wildman–Crippen LogP) is 2.56. The molecule has 3 atom stereocenters. The van der Waals surface area contributed by atoms with Crippen LogP contribution in [0.15, 0.2) is 0 Å². The molecule has 90 valence electrons. The minimum atomic E-state index is -0.517. The normalized spacial score (nSPS) is 31.2. The van der Waals surface area contributed by atoms with Crippen LogP contribution in [0.4, 0.5) is 0 Å². The number of hydrogen-bond donors (Lipinski definition) is 2. The second-order valence-corrected chi connectivity index (χ2v) is 5.20. The lowest BCUT2D eigenvalue weighted by Crippen LogP contribution is -2.48. The van der Waals surface area contributed by atoms with Gasteiger partial charge < -0.3 is 10.4 Å². The lowest BCUT2D eigenvalue weighted by Gasteiger charge is -2.41. The standard InChI is InChI=1S/C13H27NO/c1-4-11-8-6-7-9-12(11)13(3,15)10-14-5-2/h11-12,14-15H,4-10H2,1-3H3. The average Bonchev–Trinajstić information content (AvgIpc) is 2.26. The molecule has 1 aliphatic carbocycles. The van der Waals surface area contributed by atoms with E-state index in [9.17, 15) is 5.11 Å². The van der Waals surface area contributed by atoms with E-state index in [0.717, 1.165) is 19.0 Å². The summed E-state index contributed by atoms with van der Waals surface area (Å²) < 4.78 is 0. The first-order valence-corrected chi connectivity index (χ1v) is 6.55. The molecule has 2 N–H and O–H groups in total. The number of nitrogens with one attached hydrogen (secondary N) is 1. The summed E-state index contributed by atoms with van der Waals surface area (Å²) in [5.74, 6) is 1.22. The van der Waals surface area contributed by atoms with E-state index in [1.807, 2.05) is 6.92 Å². The molecule has 3 unspecified atom stereocenters. The highest BCUT2D eigenvalue weighted by Crippen LogP contribution is 2.38. The van der Waals surface area contributed by atoms with Crippen molar-refractivity contribution in [3.05, 3.63) is 0 Å². The molecular formula is C13H27NO. The van der Waals surface area contributed by atoms with Gasteiger partial charge in [-0.2, -0.15) is 0 Å². The van der Waals surface area contributed by atoms with Gasteiger partial charge in [-0.1, -0.05) is 39.5 Å². The molecule has 2 heteroatoms.